The van der Waals surface area contributed by atoms with Gasteiger partial charge in [-0.2, -0.15) is 0 Å². The number of likely N-dealkylation sites (N-methyl/N-ethyl adjacent to an activating group) is 1. The Morgan fingerprint density at radius 1 is 1.50 bits per heavy atom. The third kappa shape index (κ3) is 3.68. The fourth-order valence-corrected chi connectivity index (χ4v) is 1.32. The number of carbonyl (C=O) groups excluding carboxylic acids is 1. The molecule has 0 aliphatic heterocycles. The number of amides is 1. The van der Waals surface area contributed by atoms with E-state index in [9.17, 15) is 4.79 Å². The summed E-state index contributed by atoms with van der Waals surface area (Å²) in [4.78, 5) is 13.3. The molecular formula is C12H17ClN2O. The second-order valence-electron chi connectivity index (χ2n) is 3.40. The molecule has 0 aliphatic carbocycles. The lowest BCUT2D eigenvalue weighted by molar-refractivity contribution is -0.130. The molecule has 4 heteroatoms. The van der Waals surface area contributed by atoms with Gasteiger partial charge in [0.25, 0.3) is 0 Å². The van der Waals surface area contributed by atoms with Crippen LogP contribution in [0.5, 0.6) is 0 Å². The van der Waals surface area contributed by atoms with Crippen LogP contribution in [0.2, 0.25) is 0 Å². The van der Waals surface area contributed by atoms with Gasteiger partial charge in [-0.3, -0.25) is 4.79 Å². The van der Waals surface area contributed by atoms with Crippen molar-refractivity contribution in [2.45, 2.75) is 6.04 Å². The Morgan fingerprint density at radius 2 is 2.06 bits per heavy atom. The second-order valence-corrected chi connectivity index (χ2v) is 3.40. The Morgan fingerprint density at radius 3 is 2.56 bits per heavy atom. The third-order valence-electron chi connectivity index (χ3n) is 2.20. The molecule has 2 N–H and O–H groups in total. The number of halogens is 1. The number of carbonyl (C=O) groups is 1. The summed E-state index contributed by atoms with van der Waals surface area (Å²) in [5.41, 5.74) is 6.68. The highest BCUT2D eigenvalue weighted by atomic mass is 35.5. The molecule has 1 aromatic carbocycles. The highest BCUT2D eigenvalue weighted by molar-refractivity contribution is 5.85. The highest BCUT2D eigenvalue weighted by Gasteiger charge is 2.18. The number of hydrogen-bond acceptors (Lipinski definition) is 2. The molecule has 16 heavy (non-hydrogen) atoms. The molecule has 1 amide bonds. The van der Waals surface area contributed by atoms with E-state index < -0.39 is 6.04 Å². The van der Waals surface area contributed by atoms with E-state index in [0.717, 1.165) is 5.56 Å². The van der Waals surface area contributed by atoms with Gasteiger partial charge >= 0.3 is 0 Å². The first-order chi connectivity index (χ1) is 7.16. The molecular weight excluding hydrogens is 224 g/mol. The summed E-state index contributed by atoms with van der Waals surface area (Å²) in [5, 5.41) is 0. The first-order valence-electron chi connectivity index (χ1n) is 4.83. The molecule has 0 bridgehead atoms. The monoisotopic (exact) mass is 240 g/mol. The molecule has 1 aromatic rings. The summed E-state index contributed by atoms with van der Waals surface area (Å²) < 4.78 is 0. The summed E-state index contributed by atoms with van der Waals surface area (Å²) in [6.07, 6.45) is 1.68. The van der Waals surface area contributed by atoms with Crippen LogP contribution in [0.1, 0.15) is 11.6 Å². The van der Waals surface area contributed by atoms with Crippen molar-refractivity contribution in [2.75, 3.05) is 13.6 Å². The molecule has 0 radical (unpaired) electrons. The van der Waals surface area contributed by atoms with Crippen LogP contribution in [0.4, 0.5) is 0 Å². The minimum absolute atomic E-state index is 0. The molecule has 0 fully saturated rings. The second kappa shape index (κ2) is 7.04. The zero-order valence-electron chi connectivity index (χ0n) is 9.30. The van der Waals surface area contributed by atoms with Crippen LogP contribution in [0, 0.1) is 0 Å². The van der Waals surface area contributed by atoms with Gasteiger partial charge in [0.05, 0.1) is 0 Å². The van der Waals surface area contributed by atoms with Gasteiger partial charge in [0.15, 0.2) is 0 Å². The van der Waals surface area contributed by atoms with Crippen LogP contribution in [-0.4, -0.2) is 24.4 Å². The molecule has 88 valence electrons. The van der Waals surface area contributed by atoms with Crippen LogP contribution in [0.15, 0.2) is 43.0 Å². The van der Waals surface area contributed by atoms with Gasteiger partial charge in [0.1, 0.15) is 6.04 Å². The Bertz CT molecular complexity index is 340. The van der Waals surface area contributed by atoms with Crippen LogP contribution in [-0.2, 0) is 4.79 Å². The normalized spacial score (nSPS) is 11.1. The standard InChI is InChI=1S/C12H16N2O.ClH/c1-3-9-14(2)12(15)11(13)10-7-5-4-6-8-10;/h3-8,11H,1,9,13H2,2H3;1H. The van der Waals surface area contributed by atoms with E-state index in [0.29, 0.717) is 6.54 Å². The van der Waals surface area contributed by atoms with Gasteiger partial charge in [-0.15, -0.1) is 19.0 Å². The summed E-state index contributed by atoms with van der Waals surface area (Å²) in [5.74, 6) is -0.0962. The van der Waals surface area contributed by atoms with Gasteiger partial charge in [-0.1, -0.05) is 36.4 Å². The maximum Gasteiger partial charge on any atom is 0.244 e. The van der Waals surface area contributed by atoms with Gasteiger partial charge < -0.3 is 10.6 Å². The van der Waals surface area contributed by atoms with E-state index >= 15 is 0 Å². The van der Waals surface area contributed by atoms with Gasteiger partial charge in [0.2, 0.25) is 5.91 Å². The quantitative estimate of drug-likeness (QED) is 0.816. The maximum atomic E-state index is 11.8. The smallest absolute Gasteiger partial charge is 0.244 e. The van der Waals surface area contributed by atoms with Gasteiger partial charge in [0, 0.05) is 13.6 Å². The lowest BCUT2D eigenvalue weighted by Gasteiger charge is -2.19. The number of nitrogens with zero attached hydrogens (tertiary/aromatic N) is 1. The molecule has 1 rings (SSSR count). The average Bonchev–Trinajstić information content (AvgIpc) is 2.28. The largest absolute Gasteiger partial charge is 0.340 e. The van der Waals surface area contributed by atoms with Crippen molar-refractivity contribution in [1.29, 1.82) is 0 Å². The van der Waals surface area contributed by atoms with E-state index in [4.69, 9.17) is 5.73 Å². The van der Waals surface area contributed by atoms with E-state index in [1.54, 1.807) is 18.0 Å². The summed E-state index contributed by atoms with van der Waals surface area (Å²) in [7, 11) is 1.72. The number of rotatable bonds is 4. The Labute approximate surface area is 102 Å². The molecule has 0 aromatic heterocycles. The molecule has 0 saturated heterocycles. The topological polar surface area (TPSA) is 46.3 Å². The van der Waals surface area contributed by atoms with E-state index in [-0.39, 0.29) is 18.3 Å². The Balaban J connectivity index is 0.00000225. The van der Waals surface area contributed by atoms with Crippen molar-refractivity contribution in [3.05, 3.63) is 48.6 Å². The zero-order chi connectivity index (χ0) is 11.3. The van der Waals surface area contributed by atoms with E-state index in [2.05, 4.69) is 6.58 Å². The number of benzene rings is 1. The van der Waals surface area contributed by atoms with Crippen molar-refractivity contribution in [2.24, 2.45) is 5.73 Å². The van der Waals surface area contributed by atoms with E-state index in [1.807, 2.05) is 30.3 Å². The highest BCUT2D eigenvalue weighted by Crippen LogP contribution is 2.11. The fourth-order valence-electron chi connectivity index (χ4n) is 1.32. The predicted octanol–water partition coefficient (Wildman–Crippen LogP) is 1.75. The van der Waals surface area contributed by atoms with Crippen LogP contribution < -0.4 is 5.73 Å². The molecule has 1 atom stereocenters. The van der Waals surface area contributed by atoms with E-state index in [1.165, 1.54) is 0 Å². The molecule has 0 aliphatic rings. The van der Waals surface area contributed by atoms with Crippen LogP contribution >= 0.6 is 12.4 Å². The van der Waals surface area contributed by atoms with Crippen LogP contribution in [0.25, 0.3) is 0 Å². The SMILES string of the molecule is C=CCN(C)C(=O)C(N)c1ccccc1.Cl. The third-order valence-corrected chi connectivity index (χ3v) is 2.20. The van der Waals surface area contributed by atoms with Crippen molar-refractivity contribution in [1.82, 2.24) is 4.90 Å². The van der Waals surface area contributed by atoms with Crippen molar-refractivity contribution < 1.29 is 4.79 Å². The summed E-state index contributed by atoms with van der Waals surface area (Å²) in [6, 6.07) is 8.76. The fraction of sp³-hybridized carbons (Fsp3) is 0.250. The summed E-state index contributed by atoms with van der Waals surface area (Å²) >= 11 is 0. The van der Waals surface area contributed by atoms with Gasteiger partial charge in [-0.05, 0) is 5.56 Å². The molecule has 0 saturated carbocycles. The van der Waals surface area contributed by atoms with Crippen LogP contribution in [0.3, 0.4) is 0 Å². The Hall–Kier alpha value is -1.32. The Kier molecular flexibility index (Phi) is 6.46. The molecule has 0 heterocycles. The zero-order valence-corrected chi connectivity index (χ0v) is 10.1. The lowest BCUT2D eigenvalue weighted by Crippen LogP contribution is -2.35. The number of hydrogen-bond donors (Lipinski definition) is 1. The molecule has 0 spiro atoms. The minimum atomic E-state index is -0.587. The maximum absolute atomic E-state index is 11.8. The predicted molar refractivity (Wildman–Crippen MR) is 68.5 cm³/mol. The van der Waals surface area contributed by atoms with Crippen molar-refractivity contribution in [3.63, 3.8) is 0 Å². The van der Waals surface area contributed by atoms with Gasteiger partial charge in [-0.25, -0.2) is 0 Å². The lowest BCUT2D eigenvalue weighted by atomic mass is 10.1. The molecule has 1 unspecified atom stereocenters. The first-order valence-corrected chi connectivity index (χ1v) is 4.83. The average molecular weight is 241 g/mol. The summed E-state index contributed by atoms with van der Waals surface area (Å²) in [6.45, 7) is 4.09. The first kappa shape index (κ1) is 14.7. The molecule has 3 nitrogen and oxygen atoms in total. The minimum Gasteiger partial charge on any atom is -0.340 e. The van der Waals surface area contributed by atoms with Crippen molar-refractivity contribution in [3.8, 4) is 0 Å². The number of nitrogens with two attached hydrogens (primary N) is 1. The van der Waals surface area contributed by atoms with Crippen molar-refractivity contribution >= 4 is 18.3 Å².